The molecule has 2 heteroatoms. The Morgan fingerprint density at radius 2 is 2.07 bits per heavy atom. The summed E-state index contributed by atoms with van der Waals surface area (Å²) in [5.74, 6) is 3.82. The van der Waals surface area contributed by atoms with Crippen molar-refractivity contribution in [1.29, 1.82) is 0 Å². The number of rotatable bonds is 6. The number of allylic oxidation sites excluding steroid dienone is 1. The van der Waals surface area contributed by atoms with Gasteiger partial charge in [0.2, 0.25) is 0 Å². The summed E-state index contributed by atoms with van der Waals surface area (Å²) >= 11 is 0. The Hall–Kier alpha value is -0.940. The quantitative estimate of drug-likeness (QED) is 0.503. The van der Waals surface area contributed by atoms with Crippen molar-refractivity contribution in [2.75, 3.05) is 6.54 Å². The van der Waals surface area contributed by atoms with Crippen molar-refractivity contribution in [3.63, 3.8) is 0 Å². The Morgan fingerprint density at radius 3 is 2.50 bits per heavy atom. The largest absolute Gasteiger partial charge is 0.462 e. The zero-order chi connectivity index (χ0) is 11.0. The van der Waals surface area contributed by atoms with E-state index in [4.69, 9.17) is 5.11 Å². The van der Waals surface area contributed by atoms with Gasteiger partial charge >= 0.3 is 0 Å². The van der Waals surface area contributed by atoms with Gasteiger partial charge in [-0.25, -0.2) is 0 Å². The highest BCUT2D eigenvalue weighted by Crippen LogP contribution is 2.15. The van der Waals surface area contributed by atoms with Crippen LogP contribution < -0.4 is 5.32 Å². The maximum Gasteiger partial charge on any atom is 0.109 e. The van der Waals surface area contributed by atoms with Crippen LogP contribution in [-0.2, 0) is 0 Å². The molecule has 0 aromatic rings. The van der Waals surface area contributed by atoms with Crippen molar-refractivity contribution in [3.8, 4) is 12.0 Å². The minimum atomic E-state index is 0.0534. The molecule has 0 rings (SSSR count). The molecular formula is C12H21NO. The Kier molecular flexibility index (Phi) is 6.96. The van der Waals surface area contributed by atoms with E-state index >= 15 is 0 Å². The lowest BCUT2D eigenvalue weighted by atomic mass is 9.93. The minimum Gasteiger partial charge on any atom is -0.462 e. The molecule has 2 N–H and O–H groups in total. The van der Waals surface area contributed by atoms with Crippen LogP contribution in [0, 0.1) is 23.9 Å². The fraction of sp³-hybridized carbons (Fsp3) is 0.667. The van der Waals surface area contributed by atoms with Gasteiger partial charge in [-0.1, -0.05) is 19.9 Å². The molecule has 0 aliphatic heterocycles. The highest BCUT2D eigenvalue weighted by atomic mass is 16.2. The second kappa shape index (κ2) is 7.46. The van der Waals surface area contributed by atoms with Crippen LogP contribution in [0.5, 0.6) is 0 Å². The average molecular weight is 195 g/mol. The van der Waals surface area contributed by atoms with Gasteiger partial charge in [0.1, 0.15) is 6.11 Å². The predicted molar refractivity (Wildman–Crippen MR) is 60.3 cm³/mol. The third-order valence-electron chi connectivity index (χ3n) is 2.37. The van der Waals surface area contributed by atoms with Crippen molar-refractivity contribution >= 4 is 0 Å². The van der Waals surface area contributed by atoms with Crippen LogP contribution in [0.15, 0.2) is 12.7 Å². The van der Waals surface area contributed by atoms with E-state index in [0.717, 1.165) is 13.0 Å². The van der Waals surface area contributed by atoms with Crippen LogP contribution in [0.25, 0.3) is 0 Å². The monoisotopic (exact) mass is 195 g/mol. The molecule has 0 fully saturated rings. The van der Waals surface area contributed by atoms with Crippen LogP contribution >= 0.6 is 0 Å². The summed E-state index contributed by atoms with van der Waals surface area (Å²) in [6.45, 7) is 11.1. The maximum atomic E-state index is 8.36. The van der Waals surface area contributed by atoms with E-state index in [1.807, 2.05) is 19.1 Å². The second-order valence-electron chi connectivity index (χ2n) is 3.86. The molecule has 0 saturated heterocycles. The molecule has 0 heterocycles. The molecule has 0 aromatic carbocycles. The number of aliphatic hydroxyl groups excluding tert-OH is 1. The molecule has 2 atom stereocenters. The fourth-order valence-electron chi connectivity index (χ4n) is 1.34. The first-order chi connectivity index (χ1) is 6.61. The van der Waals surface area contributed by atoms with Crippen molar-refractivity contribution in [2.24, 2.45) is 11.8 Å². The molecule has 0 saturated carbocycles. The van der Waals surface area contributed by atoms with Crippen LogP contribution in [0.1, 0.15) is 27.2 Å². The Labute approximate surface area is 87.4 Å². The Bertz CT molecular complexity index is 212. The summed E-state index contributed by atoms with van der Waals surface area (Å²) in [4.78, 5) is 0. The third kappa shape index (κ3) is 5.66. The summed E-state index contributed by atoms with van der Waals surface area (Å²) in [6, 6.07) is 0.0534. The van der Waals surface area contributed by atoms with E-state index in [1.165, 1.54) is 0 Å². The lowest BCUT2D eigenvalue weighted by Crippen LogP contribution is -2.27. The van der Waals surface area contributed by atoms with Crippen LogP contribution in [0.3, 0.4) is 0 Å². The molecule has 0 aromatic heterocycles. The standard InChI is InChI=1S/C12H21NO/c1-5-12(10(2)3)6-8-13-11(4)7-9-14/h5,10-14H,1,6,8H2,2-4H3. The minimum absolute atomic E-state index is 0.0534. The van der Waals surface area contributed by atoms with Crippen molar-refractivity contribution in [2.45, 2.75) is 33.2 Å². The van der Waals surface area contributed by atoms with E-state index in [2.05, 4.69) is 31.7 Å². The first kappa shape index (κ1) is 13.1. The number of aliphatic hydroxyl groups is 1. The smallest absolute Gasteiger partial charge is 0.109 e. The van der Waals surface area contributed by atoms with Crippen LogP contribution in [0.2, 0.25) is 0 Å². The van der Waals surface area contributed by atoms with Gasteiger partial charge in [0.15, 0.2) is 0 Å². The predicted octanol–water partition coefficient (Wildman–Crippen LogP) is 2.15. The normalized spacial score (nSPS) is 14.3. The molecule has 0 spiro atoms. The lowest BCUT2D eigenvalue weighted by molar-refractivity contribution is 0.420. The van der Waals surface area contributed by atoms with Crippen LogP contribution in [-0.4, -0.2) is 17.7 Å². The molecule has 14 heavy (non-hydrogen) atoms. The maximum absolute atomic E-state index is 8.36. The molecular weight excluding hydrogens is 174 g/mol. The lowest BCUT2D eigenvalue weighted by Gasteiger charge is -2.17. The van der Waals surface area contributed by atoms with Gasteiger partial charge in [-0.15, -0.1) is 6.58 Å². The number of hydrogen-bond acceptors (Lipinski definition) is 2. The highest BCUT2D eigenvalue weighted by molar-refractivity contribution is 4.99. The van der Waals surface area contributed by atoms with E-state index in [-0.39, 0.29) is 6.04 Å². The zero-order valence-electron chi connectivity index (χ0n) is 9.38. The summed E-state index contributed by atoms with van der Waals surface area (Å²) < 4.78 is 0. The average Bonchev–Trinajstić information content (AvgIpc) is 2.12. The number of hydrogen-bond donors (Lipinski definition) is 2. The number of nitrogens with one attached hydrogen (secondary N) is 1. The summed E-state index contributed by atoms with van der Waals surface area (Å²) in [7, 11) is 0. The molecule has 80 valence electrons. The molecule has 0 bridgehead atoms. The Morgan fingerprint density at radius 1 is 1.43 bits per heavy atom. The first-order valence-electron chi connectivity index (χ1n) is 5.12. The molecule has 2 nitrogen and oxygen atoms in total. The fourth-order valence-corrected chi connectivity index (χ4v) is 1.34. The molecule has 0 radical (unpaired) electrons. The van der Waals surface area contributed by atoms with Crippen molar-refractivity contribution in [1.82, 2.24) is 5.32 Å². The van der Waals surface area contributed by atoms with Gasteiger partial charge in [-0.05, 0) is 37.6 Å². The second-order valence-corrected chi connectivity index (χ2v) is 3.86. The van der Waals surface area contributed by atoms with Gasteiger partial charge in [0.05, 0.1) is 6.04 Å². The highest BCUT2D eigenvalue weighted by Gasteiger charge is 2.08. The van der Waals surface area contributed by atoms with Crippen molar-refractivity contribution < 1.29 is 5.11 Å². The summed E-state index contributed by atoms with van der Waals surface area (Å²) in [5, 5.41) is 11.6. The zero-order valence-corrected chi connectivity index (χ0v) is 9.38. The first-order valence-corrected chi connectivity index (χ1v) is 5.12. The third-order valence-corrected chi connectivity index (χ3v) is 2.37. The topological polar surface area (TPSA) is 32.3 Å². The van der Waals surface area contributed by atoms with Gasteiger partial charge in [0, 0.05) is 0 Å². The van der Waals surface area contributed by atoms with Crippen LogP contribution in [0.4, 0.5) is 0 Å². The van der Waals surface area contributed by atoms with Gasteiger partial charge in [-0.2, -0.15) is 0 Å². The SMILES string of the molecule is C=CC(CCNC(C)C#CO)C(C)C. The molecule has 2 unspecified atom stereocenters. The molecule has 0 aliphatic rings. The summed E-state index contributed by atoms with van der Waals surface area (Å²) in [5.41, 5.74) is 0. The Balaban J connectivity index is 3.69. The van der Waals surface area contributed by atoms with E-state index in [0.29, 0.717) is 11.8 Å². The van der Waals surface area contributed by atoms with E-state index in [1.54, 1.807) is 0 Å². The molecule has 0 amide bonds. The van der Waals surface area contributed by atoms with Crippen molar-refractivity contribution in [3.05, 3.63) is 12.7 Å². The van der Waals surface area contributed by atoms with Gasteiger partial charge < -0.3 is 10.4 Å². The van der Waals surface area contributed by atoms with Gasteiger partial charge in [-0.3, -0.25) is 0 Å². The molecule has 0 aliphatic carbocycles. The van der Waals surface area contributed by atoms with E-state index in [9.17, 15) is 0 Å². The summed E-state index contributed by atoms with van der Waals surface area (Å²) in [6.07, 6.45) is 4.99. The van der Waals surface area contributed by atoms with E-state index < -0.39 is 0 Å². The van der Waals surface area contributed by atoms with Gasteiger partial charge in [0.25, 0.3) is 0 Å².